The van der Waals surface area contributed by atoms with Gasteiger partial charge < -0.3 is 9.84 Å². The fraction of sp³-hybridized carbons (Fsp3) is 0.462. The van der Waals surface area contributed by atoms with Crippen LogP contribution in [-0.2, 0) is 14.8 Å². The van der Waals surface area contributed by atoms with Crippen LogP contribution < -0.4 is 9.46 Å². The average Bonchev–Trinajstić information content (AvgIpc) is 2.38. The lowest BCUT2D eigenvalue weighted by Gasteiger charge is -2.17. The molecule has 1 aromatic rings. The number of ether oxygens (including phenoxy) is 1. The van der Waals surface area contributed by atoms with Crippen molar-refractivity contribution in [1.29, 1.82) is 0 Å². The standard InChI is InChI=1S/C13H16ClF2NO5S/c1-7(2)5-10(12(18)19)17-23(20,21)8-3-4-11(9(14)6-8)22-13(15)16/h3-4,6-7,10,13,17H,5H2,1-2H3,(H,18,19). The quantitative estimate of drug-likeness (QED) is 0.733. The Kier molecular flexibility index (Phi) is 6.72. The van der Waals surface area contributed by atoms with Crippen LogP contribution >= 0.6 is 11.6 Å². The molecule has 0 radical (unpaired) electrons. The van der Waals surface area contributed by atoms with E-state index in [9.17, 15) is 22.0 Å². The van der Waals surface area contributed by atoms with Crippen molar-refractivity contribution < 1.29 is 31.8 Å². The van der Waals surface area contributed by atoms with Gasteiger partial charge in [-0.25, -0.2) is 8.42 Å². The predicted molar refractivity (Wildman–Crippen MR) is 79.3 cm³/mol. The van der Waals surface area contributed by atoms with Crippen LogP contribution in [0.4, 0.5) is 8.78 Å². The molecule has 1 atom stereocenters. The zero-order valence-electron chi connectivity index (χ0n) is 12.3. The molecule has 0 aliphatic heterocycles. The van der Waals surface area contributed by atoms with Gasteiger partial charge in [0.15, 0.2) is 0 Å². The summed E-state index contributed by atoms with van der Waals surface area (Å²) in [6, 6.07) is 1.58. The summed E-state index contributed by atoms with van der Waals surface area (Å²) < 4.78 is 54.8. The molecule has 1 rings (SSSR count). The highest BCUT2D eigenvalue weighted by Crippen LogP contribution is 2.28. The number of rotatable bonds is 8. The number of hydrogen-bond donors (Lipinski definition) is 2. The normalized spacial score (nSPS) is 13.3. The Morgan fingerprint density at radius 1 is 1.39 bits per heavy atom. The number of hydrogen-bond acceptors (Lipinski definition) is 4. The summed E-state index contributed by atoms with van der Waals surface area (Å²) in [4.78, 5) is 10.8. The number of alkyl halides is 2. The van der Waals surface area contributed by atoms with Crippen LogP contribution in [0.5, 0.6) is 5.75 Å². The number of carbonyl (C=O) groups is 1. The van der Waals surface area contributed by atoms with Crippen LogP contribution in [-0.4, -0.2) is 32.1 Å². The van der Waals surface area contributed by atoms with Crippen molar-refractivity contribution in [1.82, 2.24) is 4.72 Å². The molecule has 10 heteroatoms. The molecule has 0 amide bonds. The van der Waals surface area contributed by atoms with Crippen molar-refractivity contribution in [3.8, 4) is 5.75 Å². The predicted octanol–water partition coefficient (Wildman–Crippen LogP) is 2.72. The van der Waals surface area contributed by atoms with Crippen molar-refractivity contribution in [3.63, 3.8) is 0 Å². The maximum absolute atomic E-state index is 12.2. The molecule has 130 valence electrons. The molecule has 0 bridgehead atoms. The van der Waals surface area contributed by atoms with E-state index < -0.39 is 28.6 Å². The molecule has 1 unspecified atom stereocenters. The molecule has 0 heterocycles. The van der Waals surface area contributed by atoms with E-state index in [2.05, 4.69) is 9.46 Å². The highest BCUT2D eigenvalue weighted by molar-refractivity contribution is 7.89. The van der Waals surface area contributed by atoms with Gasteiger partial charge in [0.05, 0.1) is 9.92 Å². The molecule has 0 saturated carbocycles. The molecule has 0 aromatic heterocycles. The van der Waals surface area contributed by atoms with E-state index in [0.29, 0.717) is 0 Å². The van der Waals surface area contributed by atoms with Gasteiger partial charge in [-0.1, -0.05) is 25.4 Å². The molecule has 0 aliphatic rings. The summed E-state index contributed by atoms with van der Waals surface area (Å²) in [5.74, 6) is -1.74. The average molecular weight is 372 g/mol. The highest BCUT2D eigenvalue weighted by atomic mass is 35.5. The molecule has 0 fully saturated rings. The van der Waals surface area contributed by atoms with Gasteiger partial charge in [0.25, 0.3) is 0 Å². The number of carboxylic acid groups (broad SMARTS) is 1. The van der Waals surface area contributed by atoms with Crippen LogP contribution in [0.25, 0.3) is 0 Å². The van der Waals surface area contributed by atoms with E-state index in [0.717, 1.165) is 18.2 Å². The molecule has 23 heavy (non-hydrogen) atoms. The fourth-order valence-electron chi connectivity index (χ4n) is 1.77. The van der Waals surface area contributed by atoms with E-state index in [4.69, 9.17) is 16.7 Å². The second-order valence-electron chi connectivity index (χ2n) is 5.11. The van der Waals surface area contributed by atoms with Gasteiger partial charge in [-0.2, -0.15) is 13.5 Å². The highest BCUT2D eigenvalue weighted by Gasteiger charge is 2.26. The van der Waals surface area contributed by atoms with E-state index >= 15 is 0 Å². The van der Waals surface area contributed by atoms with Crippen molar-refractivity contribution >= 4 is 27.6 Å². The lowest BCUT2D eigenvalue weighted by Crippen LogP contribution is -2.41. The number of aliphatic carboxylic acids is 1. The monoisotopic (exact) mass is 371 g/mol. The van der Waals surface area contributed by atoms with Gasteiger partial charge in [0.2, 0.25) is 10.0 Å². The van der Waals surface area contributed by atoms with Crippen LogP contribution in [0.2, 0.25) is 5.02 Å². The maximum atomic E-state index is 12.2. The fourth-order valence-corrected chi connectivity index (χ4v) is 3.28. The van der Waals surface area contributed by atoms with E-state index in [1.807, 2.05) is 0 Å². The smallest absolute Gasteiger partial charge is 0.387 e. The van der Waals surface area contributed by atoms with Gasteiger partial charge in [-0.05, 0) is 30.5 Å². The van der Waals surface area contributed by atoms with Crippen LogP contribution in [0, 0.1) is 5.92 Å². The Bertz CT molecular complexity index is 666. The van der Waals surface area contributed by atoms with Gasteiger partial charge in [-0.15, -0.1) is 0 Å². The van der Waals surface area contributed by atoms with Crippen molar-refractivity contribution in [3.05, 3.63) is 23.2 Å². The largest absolute Gasteiger partial charge is 0.480 e. The maximum Gasteiger partial charge on any atom is 0.387 e. The minimum Gasteiger partial charge on any atom is -0.480 e. The Labute approximate surface area is 137 Å². The topological polar surface area (TPSA) is 92.7 Å². The summed E-state index contributed by atoms with van der Waals surface area (Å²) in [7, 11) is -4.18. The second kappa shape index (κ2) is 7.89. The Balaban J connectivity index is 3.03. The Hall–Kier alpha value is -1.45. The number of halogens is 3. The molecule has 6 nitrogen and oxygen atoms in total. The number of carboxylic acids is 1. The lowest BCUT2D eigenvalue weighted by molar-refractivity contribution is -0.139. The SMILES string of the molecule is CC(C)CC(NS(=O)(=O)c1ccc(OC(F)F)c(Cl)c1)C(=O)O. The molecule has 0 spiro atoms. The Morgan fingerprint density at radius 2 is 2.00 bits per heavy atom. The molecule has 2 N–H and O–H groups in total. The molecule has 0 aliphatic carbocycles. The van der Waals surface area contributed by atoms with Gasteiger partial charge >= 0.3 is 12.6 Å². The molecular weight excluding hydrogens is 356 g/mol. The molecule has 0 saturated heterocycles. The minimum atomic E-state index is -4.18. The minimum absolute atomic E-state index is 0.0517. The number of nitrogens with one attached hydrogen (secondary N) is 1. The first-order valence-corrected chi connectivity index (χ1v) is 8.38. The van der Waals surface area contributed by atoms with Crippen LogP contribution in [0.3, 0.4) is 0 Å². The van der Waals surface area contributed by atoms with Crippen LogP contribution in [0.15, 0.2) is 23.1 Å². The molecular formula is C13H16ClF2NO5S. The summed E-state index contributed by atoms with van der Waals surface area (Å²) in [5.41, 5.74) is 0. The first-order valence-electron chi connectivity index (χ1n) is 6.52. The van der Waals surface area contributed by atoms with Crippen molar-refractivity contribution in [2.45, 2.75) is 37.8 Å². The van der Waals surface area contributed by atoms with Crippen LogP contribution in [0.1, 0.15) is 20.3 Å². The lowest BCUT2D eigenvalue weighted by atomic mass is 10.1. The van der Waals surface area contributed by atoms with Gasteiger partial charge in [0, 0.05) is 0 Å². The summed E-state index contributed by atoms with van der Waals surface area (Å²) in [6.45, 7) is 0.394. The summed E-state index contributed by atoms with van der Waals surface area (Å²) in [6.07, 6.45) is 0.0921. The van der Waals surface area contributed by atoms with E-state index in [1.54, 1.807) is 13.8 Å². The van der Waals surface area contributed by atoms with Gasteiger partial charge in [-0.3, -0.25) is 4.79 Å². The Morgan fingerprint density at radius 3 is 2.43 bits per heavy atom. The molecule has 1 aromatic carbocycles. The third-order valence-corrected chi connectivity index (χ3v) is 4.50. The number of benzene rings is 1. The summed E-state index contributed by atoms with van der Waals surface area (Å²) in [5, 5.41) is 8.74. The van der Waals surface area contributed by atoms with Crippen molar-refractivity contribution in [2.75, 3.05) is 0 Å². The van der Waals surface area contributed by atoms with Gasteiger partial charge in [0.1, 0.15) is 11.8 Å². The zero-order valence-corrected chi connectivity index (χ0v) is 13.9. The zero-order chi connectivity index (χ0) is 17.8. The van der Waals surface area contributed by atoms with E-state index in [-0.39, 0.29) is 28.0 Å². The third-order valence-electron chi connectivity index (χ3n) is 2.73. The first kappa shape index (κ1) is 19.6. The summed E-state index contributed by atoms with van der Waals surface area (Å²) >= 11 is 5.70. The third kappa shape index (κ3) is 5.92. The van der Waals surface area contributed by atoms with E-state index in [1.165, 1.54) is 0 Å². The first-order chi connectivity index (χ1) is 10.5. The number of sulfonamides is 1. The second-order valence-corrected chi connectivity index (χ2v) is 7.23. The van der Waals surface area contributed by atoms with Crippen molar-refractivity contribution in [2.24, 2.45) is 5.92 Å².